The second-order valence-electron chi connectivity index (χ2n) is 4.85. The fraction of sp³-hybridized carbons (Fsp3) is 0.600. The topological polar surface area (TPSA) is 73.9 Å². The van der Waals surface area contributed by atoms with Crippen molar-refractivity contribution in [3.8, 4) is 5.75 Å². The lowest BCUT2D eigenvalue weighted by atomic mass is 10.1. The molecule has 0 saturated carbocycles. The first-order chi connectivity index (χ1) is 9.54. The predicted molar refractivity (Wildman–Crippen MR) is 78.0 cm³/mol. The van der Waals surface area contributed by atoms with E-state index in [1.54, 1.807) is 7.11 Å². The number of hydrogen-bond acceptors (Lipinski definition) is 5. The van der Waals surface area contributed by atoms with Crippen molar-refractivity contribution in [1.29, 1.82) is 0 Å². The number of benzene rings is 1. The van der Waals surface area contributed by atoms with E-state index in [9.17, 15) is 5.11 Å². The quantitative estimate of drug-likeness (QED) is 0.670. The minimum Gasteiger partial charge on any atom is -0.491 e. The Morgan fingerprint density at radius 2 is 2.00 bits per heavy atom. The predicted octanol–water partition coefficient (Wildman–Crippen LogP) is 1.42. The average Bonchev–Trinajstić information content (AvgIpc) is 2.42. The van der Waals surface area contributed by atoms with Crippen LogP contribution in [-0.4, -0.2) is 44.7 Å². The molecule has 20 heavy (non-hydrogen) atoms. The third-order valence-electron chi connectivity index (χ3n) is 2.90. The van der Waals surface area contributed by atoms with Gasteiger partial charge in [-0.1, -0.05) is 12.1 Å². The van der Waals surface area contributed by atoms with E-state index in [-0.39, 0.29) is 19.3 Å². The summed E-state index contributed by atoms with van der Waals surface area (Å²) in [4.78, 5) is 0. The first-order valence-corrected chi connectivity index (χ1v) is 6.78. The zero-order valence-corrected chi connectivity index (χ0v) is 12.5. The highest BCUT2D eigenvalue weighted by molar-refractivity contribution is 5.37. The van der Waals surface area contributed by atoms with Gasteiger partial charge in [-0.25, -0.2) is 0 Å². The highest BCUT2D eigenvalue weighted by Crippen LogP contribution is 2.21. The molecule has 0 radical (unpaired) electrons. The van der Waals surface area contributed by atoms with E-state index in [1.807, 2.05) is 32.0 Å². The van der Waals surface area contributed by atoms with E-state index >= 15 is 0 Å². The van der Waals surface area contributed by atoms with Crippen molar-refractivity contribution in [3.05, 3.63) is 29.3 Å². The summed E-state index contributed by atoms with van der Waals surface area (Å²) in [7, 11) is 1.61. The summed E-state index contributed by atoms with van der Waals surface area (Å²) in [6.07, 6.45) is -0.653. The normalized spacial score (nSPS) is 14.1. The Morgan fingerprint density at radius 1 is 1.25 bits per heavy atom. The van der Waals surface area contributed by atoms with Crippen LogP contribution in [0.3, 0.4) is 0 Å². The second kappa shape index (κ2) is 8.92. The van der Waals surface area contributed by atoms with Crippen LogP contribution in [0.15, 0.2) is 18.2 Å². The number of nitrogens with two attached hydrogens (primary N) is 1. The van der Waals surface area contributed by atoms with Gasteiger partial charge >= 0.3 is 0 Å². The summed E-state index contributed by atoms with van der Waals surface area (Å²) in [6, 6.07) is 5.82. The highest BCUT2D eigenvalue weighted by Gasteiger charge is 2.08. The molecule has 0 aliphatic rings. The molecule has 1 aromatic carbocycles. The SMILES string of the molecule is COCCOCC(O)COc1ccc(C(C)N)cc1C. The fourth-order valence-corrected chi connectivity index (χ4v) is 1.71. The molecular weight excluding hydrogens is 258 g/mol. The van der Waals surface area contributed by atoms with Gasteiger partial charge in [0.15, 0.2) is 0 Å². The van der Waals surface area contributed by atoms with Crippen LogP contribution >= 0.6 is 0 Å². The molecule has 114 valence electrons. The van der Waals surface area contributed by atoms with E-state index in [2.05, 4.69) is 0 Å². The molecule has 0 amide bonds. The Balaban J connectivity index is 2.37. The Bertz CT molecular complexity index is 395. The molecule has 0 spiro atoms. The minimum atomic E-state index is -0.653. The standard InChI is InChI=1S/C15H25NO4/c1-11-8-13(12(2)16)4-5-15(11)20-10-14(17)9-19-7-6-18-3/h4-5,8,12,14,17H,6-7,9-10,16H2,1-3H3. The Kier molecular flexibility index (Phi) is 7.54. The number of aliphatic hydroxyl groups excluding tert-OH is 1. The van der Waals surface area contributed by atoms with Gasteiger partial charge in [0.2, 0.25) is 0 Å². The lowest BCUT2D eigenvalue weighted by Gasteiger charge is -2.15. The van der Waals surface area contributed by atoms with Crippen molar-refractivity contribution in [2.45, 2.75) is 26.0 Å². The number of methoxy groups -OCH3 is 1. The van der Waals surface area contributed by atoms with Crippen molar-refractivity contribution in [2.24, 2.45) is 5.73 Å². The molecule has 0 fully saturated rings. The van der Waals surface area contributed by atoms with E-state index in [1.165, 1.54) is 0 Å². The molecule has 3 N–H and O–H groups in total. The lowest BCUT2D eigenvalue weighted by molar-refractivity contribution is -0.00428. The minimum absolute atomic E-state index is 0.00234. The third kappa shape index (κ3) is 5.88. The molecular formula is C15H25NO4. The van der Waals surface area contributed by atoms with Gasteiger partial charge in [-0.05, 0) is 31.0 Å². The lowest BCUT2D eigenvalue weighted by Crippen LogP contribution is -2.24. The van der Waals surface area contributed by atoms with Crippen molar-refractivity contribution >= 4 is 0 Å². The van der Waals surface area contributed by atoms with Crippen molar-refractivity contribution in [1.82, 2.24) is 0 Å². The molecule has 0 aromatic heterocycles. The van der Waals surface area contributed by atoms with E-state index in [0.717, 1.165) is 16.9 Å². The Hall–Kier alpha value is -1.14. The van der Waals surface area contributed by atoms with Crippen LogP contribution in [0.5, 0.6) is 5.75 Å². The maximum atomic E-state index is 9.73. The zero-order chi connectivity index (χ0) is 15.0. The van der Waals surface area contributed by atoms with Crippen LogP contribution in [0.1, 0.15) is 24.1 Å². The number of rotatable bonds is 9. The molecule has 5 nitrogen and oxygen atoms in total. The van der Waals surface area contributed by atoms with Crippen LogP contribution in [0.25, 0.3) is 0 Å². The van der Waals surface area contributed by atoms with Crippen molar-refractivity contribution in [3.63, 3.8) is 0 Å². The molecule has 0 saturated heterocycles. The second-order valence-corrected chi connectivity index (χ2v) is 4.85. The number of hydrogen-bond donors (Lipinski definition) is 2. The Morgan fingerprint density at radius 3 is 2.60 bits per heavy atom. The smallest absolute Gasteiger partial charge is 0.122 e. The molecule has 0 heterocycles. The fourth-order valence-electron chi connectivity index (χ4n) is 1.71. The van der Waals surface area contributed by atoms with Crippen LogP contribution in [0, 0.1) is 6.92 Å². The molecule has 5 heteroatoms. The summed E-state index contributed by atoms with van der Waals surface area (Å²) in [6.45, 7) is 5.33. The van der Waals surface area contributed by atoms with Crippen molar-refractivity contribution < 1.29 is 19.3 Å². The first-order valence-electron chi connectivity index (χ1n) is 6.78. The molecule has 0 bridgehead atoms. The third-order valence-corrected chi connectivity index (χ3v) is 2.90. The zero-order valence-electron chi connectivity index (χ0n) is 12.5. The van der Waals surface area contributed by atoms with Gasteiger partial charge in [-0.3, -0.25) is 0 Å². The number of aryl methyl sites for hydroxylation is 1. The van der Waals surface area contributed by atoms with Gasteiger partial charge in [-0.15, -0.1) is 0 Å². The van der Waals surface area contributed by atoms with Gasteiger partial charge in [0.25, 0.3) is 0 Å². The Labute approximate surface area is 120 Å². The van der Waals surface area contributed by atoms with Gasteiger partial charge in [-0.2, -0.15) is 0 Å². The number of ether oxygens (including phenoxy) is 3. The van der Waals surface area contributed by atoms with E-state index < -0.39 is 6.10 Å². The van der Waals surface area contributed by atoms with E-state index in [4.69, 9.17) is 19.9 Å². The van der Waals surface area contributed by atoms with Crippen LogP contribution in [-0.2, 0) is 9.47 Å². The van der Waals surface area contributed by atoms with Crippen LogP contribution < -0.4 is 10.5 Å². The monoisotopic (exact) mass is 283 g/mol. The summed E-state index contributed by atoms with van der Waals surface area (Å²) in [5, 5.41) is 9.73. The summed E-state index contributed by atoms with van der Waals surface area (Å²) in [5.41, 5.74) is 7.90. The molecule has 1 aromatic rings. The molecule has 2 atom stereocenters. The van der Waals surface area contributed by atoms with Gasteiger partial charge in [0.1, 0.15) is 18.5 Å². The molecule has 2 unspecified atom stereocenters. The largest absolute Gasteiger partial charge is 0.491 e. The highest BCUT2D eigenvalue weighted by atomic mass is 16.5. The van der Waals surface area contributed by atoms with E-state index in [0.29, 0.717) is 13.2 Å². The maximum absolute atomic E-state index is 9.73. The van der Waals surface area contributed by atoms with Gasteiger partial charge < -0.3 is 25.1 Å². The maximum Gasteiger partial charge on any atom is 0.122 e. The van der Waals surface area contributed by atoms with Crippen LogP contribution in [0.4, 0.5) is 0 Å². The van der Waals surface area contributed by atoms with Crippen molar-refractivity contribution in [2.75, 3.05) is 33.5 Å². The molecule has 0 aliphatic carbocycles. The first kappa shape index (κ1) is 16.9. The number of aliphatic hydroxyl groups is 1. The summed E-state index contributed by atoms with van der Waals surface area (Å²) in [5.74, 6) is 0.755. The summed E-state index contributed by atoms with van der Waals surface area (Å²) >= 11 is 0. The molecule has 1 rings (SSSR count). The van der Waals surface area contributed by atoms with Gasteiger partial charge in [0.05, 0.1) is 19.8 Å². The average molecular weight is 283 g/mol. The molecule has 0 aliphatic heterocycles. The van der Waals surface area contributed by atoms with Crippen LogP contribution in [0.2, 0.25) is 0 Å². The van der Waals surface area contributed by atoms with Gasteiger partial charge in [0, 0.05) is 13.2 Å². The summed E-state index contributed by atoms with van der Waals surface area (Å²) < 4.78 is 15.7.